The van der Waals surface area contributed by atoms with Gasteiger partial charge in [0, 0.05) is 16.1 Å². The molecule has 0 atom stereocenters. The molecule has 0 aliphatic heterocycles. The van der Waals surface area contributed by atoms with Gasteiger partial charge in [-0.25, -0.2) is 0 Å². The van der Waals surface area contributed by atoms with Gasteiger partial charge in [-0.2, -0.15) is 0 Å². The summed E-state index contributed by atoms with van der Waals surface area (Å²) in [6.07, 6.45) is 4.49. The van der Waals surface area contributed by atoms with E-state index in [1.165, 1.54) is 12.8 Å². The molecule has 1 aliphatic rings. The van der Waals surface area contributed by atoms with Crippen LogP contribution in [-0.4, -0.2) is 23.7 Å². The lowest BCUT2D eigenvalue weighted by Gasteiger charge is -2.15. The van der Waals surface area contributed by atoms with Crippen molar-refractivity contribution in [2.75, 3.05) is 6.61 Å². The minimum absolute atomic E-state index is 0.00796. The summed E-state index contributed by atoms with van der Waals surface area (Å²) in [4.78, 5) is 11.8. The van der Waals surface area contributed by atoms with Crippen LogP contribution < -0.4 is 10.1 Å². The predicted octanol–water partition coefficient (Wildman–Crippen LogP) is 2.69. The van der Waals surface area contributed by atoms with Gasteiger partial charge in [-0.15, -0.1) is 0 Å². The summed E-state index contributed by atoms with van der Waals surface area (Å²) in [5.74, 6) is 0.500. The van der Waals surface area contributed by atoms with E-state index in [-0.39, 0.29) is 19.1 Å². The smallest absolute Gasteiger partial charge is 0.258 e. The summed E-state index contributed by atoms with van der Waals surface area (Å²) < 4.78 is 6.48. The lowest BCUT2D eigenvalue weighted by molar-refractivity contribution is -0.123. The van der Waals surface area contributed by atoms with E-state index in [0.29, 0.717) is 17.4 Å². The molecule has 20 heavy (non-hydrogen) atoms. The van der Waals surface area contributed by atoms with Crippen molar-refractivity contribution < 1.29 is 14.6 Å². The summed E-state index contributed by atoms with van der Waals surface area (Å²) in [7, 11) is 0. The maximum Gasteiger partial charge on any atom is 0.258 e. The molecule has 2 rings (SSSR count). The van der Waals surface area contributed by atoms with Crippen LogP contribution in [0.1, 0.15) is 36.8 Å². The van der Waals surface area contributed by atoms with E-state index >= 15 is 0 Å². The molecule has 0 bridgehead atoms. The summed E-state index contributed by atoms with van der Waals surface area (Å²) in [6.45, 7) is 1.78. The van der Waals surface area contributed by atoms with E-state index in [2.05, 4.69) is 21.2 Å². The summed E-state index contributed by atoms with van der Waals surface area (Å²) in [5.41, 5.74) is 1.59. The van der Waals surface area contributed by atoms with Gasteiger partial charge in [0.25, 0.3) is 5.91 Å². The first-order chi connectivity index (χ1) is 9.60. The van der Waals surface area contributed by atoms with Crippen molar-refractivity contribution in [3.8, 4) is 5.75 Å². The molecule has 5 heteroatoms. The molecule has 110 valence electrons. The Morgan fingerprint density at radius 1 is 1.45 bits per heavy atom. The normalized spacial score (nSPS) is 15.3. The largest absolute Gasteiger partial charge is 0.483 e. The summed E-state index contributed by atoms with van der Waals surface area (Å²) in [5, 5.41) is 12.3. The van der Waals surface area contributed by atoms with E-state index in [4.69, 9.17) is 4.74 Å². The third-order valence-corrected chi connectivity index (χ3v) is 4.01. The number of nitrogens with one attached hydrogen (secondary N) is 1. The van der Waals surface area contributed by atoms with Crippen LogP contribution in [0.3, 0.4) is 0 Å². The van der Waals surface area contributed by atoms with Crippen molar-refractivity contribution >= 4 is 21.8 Å². The quantitative estimate of drug-likeness (QED) is 0.865. The van der Waals surface area contributed by atoms with E-state index in [1.54, 1.807) is 6.07 Å². The van der Waals surface area contributed by atoms with Crippen molar-refractivity contribution in [2.24, 2.45) is 0 Å². The molecule has 2 N–H and O–H groups in total. The third-order valence-electron chi connectivity index (χ3n) is 3.55. The summed E-state index contributed by atoms with van der Waals surface area (Å²) in [6, 6.07) is 4.01. The van der Waals surface area contributed by atoms with Crippen molar-refractivity contribution in [1.82, 2.24) is 5.32 Å². The maximum atomic E-state index is 11.8. The first-order valence-corrected chi connectivity index (χ1v) is 7.71. The molecule has 1 aliphatic carbocycles. The van der Waals surface area contributed by atoms with Crippen molar-refractivity contribution in [3.05, 3.63) is 27.7 Å². The second kappa shape index (κ2) is 7.09. The molecule has 1 aromatic rings. The number of hydrogen-bond donors (Lipinski definition) is 2. The zero-order valence-electron chi connectivity index (χ0n) is 11.6. The van der Waals surface area contributed by atoms with Crippen LogP contribution in [0.4, 0.5) is 0 Å². The first kappa shape index (κ1) is 15.3. The number of aliphatic hydroxyl groups excluding tert-OH is 1. The molecule has 1 aromatic carbocycles. The Morgan fingerprint density at radius 2 is 2.15 bits per heavy atom. The number of aryl methyl sites for hydroxylation is 1. The van der Waals surface area contributed by atoms with Crippen LogP contribution in [0.5, 0.6) is 5.75 Å². The minimum atomic E-state index is -0.111. The van der Waals surface area contributed by atoms with Gasteiger partial charge >= 0.3 is 0 Å². The lowest BCUT2D eigenvalue weighted by atomic mass is 10.1. The Bertz CT molecular complexity index is 484. The fraction of sp³-hybridized carbons (Fsp3) is 0.533. The van der Waals surface area contributed by atoms with Crippen LogP contribution in [0.25, 0.3) is 0 Å². The van der Waals surface area contributed by atoms with Crippen LogP contribution in [0.15, 0.2) is 16.6 Å². The molecule has 0 saturated heterocycles. The van der Waals surface area contributed by atoms with Crippen molar-refractivity contribution in [2.45, 2.75) is 45.3 Å². The zero-order valence-corrected chi connectivity index (χ0v) is 13.2. The number of aliphatic hydroxyl groups is 1. The number of ether oxygens (including phenoxy) is 1. The highest BCUT2D eigenvalue weighted by Gasteiger charge is 2.18. The highest BCUT2D eigenvalue weighted by atomic mass is 79.9. The van der Waals surface area contributed by atoms with E-state index in [1.807, 2.05) is 13.0 Å². The first-order valence-electron chi connectivity index (χ1n) is 6.92. The van der Waals surface area contributed by atoms with Crippen LogP contribution in [-0.2, 0) is 11.4 Å². The second-order valence-corrected chi connectivity index (χ2v) is 6.12. The minimum Gasteiger partial charge on any atom is -0.483 e. The van der Waals surface area contributed by atoms with Gasteiger partial charge in [0.15, 0.2) is 6.61 Å². The van der Waals surface area contributed by atoms with E-state index in [9.17, 15) is 9.90 Å². The molecule has 0 unspecified atom stereocenters. The SMILES string of the molecule is Cc1cc(Br)cc(CO)c1OCC(=O)NC1CCCC1. The van der Waals surface area contributed by atoms with Gasteiger partial charge in [-0.05, 0) is 37.5 Å². The Hall–Kier alpha value is -1.07. The van der Waals surface area contributed by atoms with Gasteiger partial charge in [-0.1, -0.05) is 28.8 Å². The topological polar surface area (TPSA) is 58.6 Å². The molecule has 1 amide bonds. The fourth-order valence-electron chi connectivity index (χ4n) is 2.60. The number of hydrogen-bond acceptors (Lipinski definition) is 3. The van der Waals surface area contributed by atoms with Gasteiger partial charge in [0.1, 0.15) is 5.75 Å². The highest BCUT2D eigenvalue weighted by molar-refractivity contribution is 9.10. The van der Waals surface area contributed by atoms with Crippen LogP contribution in [0.2, 0.25) is 0 Å². The molecule has 0 heterocycles. The highest BCUT2D eigenvalue weighted by Crippen LogP contribution is 2.28. The second-order valence-electron chi connectivity index (χ2n) is 5.21. The van der Waals surface area contributed by atoms with Crippen LogP contribution in [0, 0.1) is 6.92 Å². The molecule has 0 aromatic heterocycles. The molecule has 1 fully saturated rings. The Balaban J connectivity index is 1.94. The summed E-state index contributed by atoms with van der Waals surface area (Å²) >= 11 is 3.38. The van der Waals surface area contributed by atoms with Gasteiger partial charge in [0.2, 0.25) is 0 Å². The van der Waals surface area contributed by atoms with E-state index < -0.39 is 0 Å². The standard InChI is InChI=1S/C15H20BrNO3/c1-10-6-12(16)7-11(8-18)15(10)20-9-14(19)17-13-4-2-3-5-13/h6-7,13,18H,2-5,8-9H2,1H3,(H,17,19). The van der Waals surface area contributed by atoms with Gasteiger partial charge in [-0.3, -0.25) is 4.79 Å². The molecular formula is C15H20BrNO3. The Morgan fingerprint density at radius 3 is 2.80 bits per heavy atom. The number of amides is 1. The van der Waals surface area contributed by atoms with Gasteiger partial charge < -0.3 is 15.2 Å². The number of halogens is 1. The Labute approximate surface area is 127 Å². The number of carbonyl (C=O) groups is 1. The maximum absolute atomic E-state index is 11.8. The number of carbonyl (C=O) groups excluding carboxylic acids is 1. The van der Waals surface area contributed by atoms with Crippen molar-refractivity contribution in [3.63, 3.8) is 0 Å². The Kier molecular flexibility index (Phi) is 5.43. The van der Waals surface area contributed by atoms with Crippen LogP contribution >= 0.6 is 15.9 Å². The monoisotopic (exact) mass is 341 g/mol. The average Bonchev–Trinajstić information content (AvgIpc) is 2.89. The fourth-order valence-corrected chi connectivity index (χ4v) is 3.22. The molecule has 0 spiro atoms. The molecular weight excluding hydrogens is 322 g/mol. The predicted molar refractivity (Wildman–Crippen MR) is 80.7 cm³/mol. The average molecular weight is 342 g/mol. The van der Waals surface area contributed by atoms with Crippen molar-refractivity contribution in [1.29, 1.82) is 0 Å². The number of benzene rings is 1. The molecule has 4 nitrogen and oxygen atoms in total. The lowest BCUT2D eigenvalue weighted by Crippen LogP contribution is -2.36. The van der Waals surface area contributed by atoms with E-state index in [0.717, 1.165) is 22.9 Å². The van der Waals surface area contributed by atoms with Gasteiger partial charge in [0.05, 0.1) is 6.61 Å². The number of rotatable bonds is 5. The zero-order chi connectivity index (χ0) is 14.5. The molecule has 0 radical (unpaired) electrons. The molecule has 1 saturated carbocycles. The third kappa shape index (κ3) is 3.96.